The number of nitrogens with zero attached hydrogens (tertiary/aromatic N) is 4. The van der Waals surface area contributed by atoms with Gasteiger partial charge in [-0.15, -0.1) is 0 Å². The normalized spacial score (nSPS) is 16.1. The summed E-state index contributed by atoms with van der Waals surface area (Å²) in [5.74, 6) is -4.92. The van der Waals surface area contributed by atoms with E-state index >= 15 is 0 Å². The first-order chi connectivity index (χ1) is 37.3. The second-order valence-electron chi connectivity index (χ2n) is 25.3. The molecule has 1 saturated heterocycles. The molecule has 3 atom stereocenters. The maximum absolute atomic E-state index is 14.3. The minimum absolute atomic E-state index is 0.0538. The van der Waals surface area contributed by atoms with Crippen molar-refractivity contribution in [2.45, 2.75) is 265 Å². The Labute approximate surface area is 479 Å². The predicted octanol–water partition coefficient (Wildman–Crippen LogP) is 4.59. The molecule has 0 aromatic heterocycles. The van der Waals surface area contributed by atoms with Crippen molar-refractivity contribution >= 4 is 59.1 Å². The third-order valence-electron chi connectivity index (χ3n) is 15.3. The van der Waals surface area contributed by atoms with E-state index in [0.29, 0.717) is 38.6 Å². The highest BCUT2D eigenvalue weighted by Gasteiger charge is 2.44. The van der Waals surface area contributed by atoms with Crippen LogP contribution in [0.15, 0.2) is 0 Å². The lowest BCUT2D eigenvalue weighted by atomic mass is 9.76. The van der Waals surface area contributed by atoms with E-state index in [1.165, 1.54) is 51.3 Å². The fourth-order valence-corrected chi connectivity index (χ4v) is 10.8. The summed E-state index contributed by atoms with van der Waals surface area (Å²) in [5.41, 5.74) is -4.82. The smallest absolute Gasteiger partial charge is 0.246 e. The van der Waals surface area contributed by atoms with Crippen LogP contribution in [0, 0.1) is 5.92 Å². The Morgan fingerprint density at radius 2 is 1.23 bits per heavy atom. The van der Waals surface area contributed by atoms with Crippen LogP contribution in [-0.2, 0) is 47.9 Å². The van der Waals surface area contributed by atoms with Crippen LogP contribution in [0.25, 0.3) is 0 Å². The average molecular weight is 1130 g/mol. The first-order valence-electron chi connectivity index (χ1n) is 29.9. The summed E-state index contributed by atoms with van der Waals surface area (Å²) in [4.78, 5) is 144. The van der Waals surface area contributed by atoms with Crippen molar-refractivity contribution in [3.63, 3.8) is 0 Å². The highest BCUT2D eigenvalue weighted by Crippen LogP contribution is 2.32. The molecule has 1 aliphatic carbocycles. The molecule has 2 aliphatic rings. The van der Waals surface area contributed by atoms with E-state index in [4.69, 9.17) is 0 Å². The summed E-state index contributed by atoms with van der Waals surface area (Å²) in [6.07, 6.45) is 13.4. The second kappa shape index (κ2) is 32.9. The van der Waals surface area contributed by atoms with Crippen LogP contribution in [0.1, 0.15) is 213 Å². The summed E-state index contributed by atoms with van der Waals surface area (Å²) >= 11 is 0. The molecule has 458 valence electrons. The minimum Gasteiger partial charge on any atom is -0.354 e. The molecule has 2 fully saturated rings. The standard InChI is InChI=1S/C59H107N11O10/c1-17-19-21-22-23-25-28-43(63-51(76)44-29-26-35-68(44)47(72)30-24-20-18-2)50(75)61-38-49(74)70(42(7)8)58(13,14)55(80)62-37-48(73)69(41(5)6)45(36-40(3)4)52(77)65-57(11,12)54(79)66-56(9,10)53(78)60-34-31-46(71)64-59(32-27-33-59)39-67(15)16/h40-45H,17-39H2,1-16H3,(H,60,78)(H,61,75)(H,62,80)(H,63,76)(H,64,71)(H,65,77)(H,66,79). The van der Waals surface area contributed by atoms with Crippen molar-refractivity contribution in [1.82, 2.24) is 56.8 Å². The lowest BCUT2D eigenvalue weighted by molar-refractivity contribution is -0.150. The molecule has 1 heterocycles. The van der Waals surface area contributed by atoms with Crippen LogP contribution >= 0.6 is 0 Å². The predicted molar refractivity (Wildman–Crippen MR) is 311 cm³/mol. The van der Waals surface area contributed by atoms with Gasteiger partial charge in [-0.1, -0.05) is 79.1 Å². The van der Waals surface area contributed by atoms with Crippen LogP contribution in [0.2, 0.25) is 0 Å². The van der Waals surface area contributed by atoms with Gasteiger partial charge in [-0.25, -0.2) is 0 Å². The maximum atomic E-state index is 14.3. The zero-order valence-electron chi connectivity index (χ0n) is 52.1. The highest BCUT2D eigenvalue weighted by molar-refractivity contribution is 5.99. The molecule has 21 heteroatoms. The quantitative estimate of drug-likeness (QED) is 0.0427. The van der Waals surface area contributed by atoms with E-state index in [2.05, 4.69) is 51.1 Å². The van der Waals surface area contributed by atoms with Gasteiger partial charge < -0.3 is 56.8 Å². The molecule has 0 aromatic carbocycles. The lowest BCUT2D eigenvalue weighted by Gasteiger charge is -2.44. The first-order valence-corrected chi connectivity index (χ1v) is 29.9. The van der Waals surface area contributed by atoms with Crippen molar-refractivity contribution < 1.29 is 47.9 Å². The van der Waals surface area contributed by atoms with E-state index < -0.39 is 107 Å². The molecule has 0 radical (unpaired) electrons. The molecule has 2 rings (SSSR count). The van der Waals surface area contributed by atoms with E-state index in [-0.39, 0.29) is 42.7 Å². The first kappa shape index (κ1) is 70.8. The van der Waals surface area contributed by atoms with Gasteiger partial charge in [0, 0.05) is 44.6 Å². The molecule has 1 aliphatic heterocycles. The Balaban J connectivity index is 2.16. The van der Waals surface area contributed by atoms with Gasteiger partial charge in [-0.3, -0.25) is 47.9 Å². The van der Waals surface area contributed by atoms with Crippen LogP contribution < -0.4 is 37.2 Å². The number of carbonyl (C=O) groups excluding carboxylic acids is 10. The van der Waals surface area contributed by atoms with Gasteiger partial charge in [-0.2, -0.15) is 0 Å². The van der Waals surface area contributed by atoms with Gasteiger partial charge in [0.25, 0.3) is 0 Å². The number of hydrogen-bond acceptors (Lipinski definition) is 11. The second-order valence-corrected chi connectivity index (χ2v) is 25.3. The zero-order valence-corrected chi connectivity index (χ0v) is 52.1. The number of unbranched alkanes of at least 4 members (excludes halogenated alkanes) is 7. The van der Waals surface area contributed by atoms with E-state index in [9.17, 15) is 47.9 Å². The van der Waals surface area contributed by atoms with Crippen LogP contribution in [0.3, 0.4) is 0 Å². The number of likely N-dealkylation sites (N-methyl/N-ethyl adjacent to an activating group) is 1. The van der Waals surface area contributed by atoms with Crippen molar-refractivity contribution in [1.29, 1.82) is 0 Å². The number of nitrogens with one attached hydrogen (secondary N) is 7. The van der Waals surface area contributed by atoms with Crippen molar-refractivity contribution in [3.8, 4) is 0 Å². The van der Waals surface area contributed by atoms with Crippen LogP contribution in [0.4, 0.5) is 0 Å². The van der Waals surface area contributed by atoms with Gasteiger partial charge in [0.05, 0.1) is 18.6 Å². The Kier molecular flexibility index (Phi) is 29.1. The molecule has 0 aromatic rings. The van der Waals surface area contributed by atoms with E-state index in [1.54, 1.807) is 32.6 Å². The van der Waals surface area contributed by atoms with E-state index in [0.717, 1.165) is 77.2 Å². The van der Waals surface area contributed by atoms with Crippen molar-refractivity contribution in [2.75, 3.05) is 46.8 Å². The molecule has 21 nitrogen and oxygen atoms in total. The van der Waals surface area contributed by atoms with Crippen molar-refractivity contribution in [3.05, 3.63) is 0 Å². The number of amides is 10. The van der Waals surface area contributed by atoms with Crippen LogP contribution in [-0.4, -0.2) is 178 Å². The number of carbonyl (C=O) groups is 10. The topological polar surface area (TPSA) is 268 Å². The number of hydrogen-bond donors (Lipinski definition) is 7. The molecule has 1 saturated carbocycles. The molecule has 80 heavy (non-hydrogen) atoms. The maximum Gasteiger partial charge on any atom is 0.246 e. The van der Waals surface area contributed by atoms with Gasteiger partial charge in [0.2, 0.25) is 59.1 Å². The molecule has 10 amide bonds. The molecule has 3 unspecified atom stereocenters. The summed E-state index contributed by atoms with van der Waals surface area (Å²) in [7, 11) is 3.92. The average Bonchev–Trinajstić information content (AvgIpc) is 3.84. The SMILES string of the molecule is CCCCCCCCC(NC(=O)C1CCCN1C(=O)CCCCC)C(=O)NCC(=O)N(C(C)C)C(C)(C)C(=O)NCC(=O)N(C(C)C)C(CC(C)C)C(=O)NC(C)(C)C(=O)NC(C)(C)C(=O)NCCC(=O)NC1(CN(C)C)CCC1. The van der Waals surface area contributed by atoms with Gasteiger partial charge in [0.15, 0.2) is 0 Å². The van der Waals surface area contributed by atoms with Gasteiger partial charge >= 0.3 is 0 Å². The van der Waals surface area contributed by atoms with Crippen molar-refractivity contribution in [2.24, 2.45) is 5.92 Å². The molecular weight excluding hydrogens is 1020 g/mol. The van der Waals surface area contributed by atoms with Gasteiger partial charge in [-0.05, 0) is 141 Å². The molecule has 0 bridgehead atoms. The Morgan fingerprint density at radius 3 is 1.79 bits per heavy atom. The largest absolute Gasteiger partial charge is 0.354 e. The Hall–Kier alpha value is -5.34. The fourth-order valence-electron chi connectivity index (χ4n) is 10.8. The summed E-state index contributed by atoms with van der Waals surface area (Å²) in [6, 6.07) is -3.80. The zero-order chi connectivity index (χ0) is 60.8. The Morgan fingerprint density at radius 1 is 0.637 bits per heavy atom. The van der Waals surface area contributed by atoms with Crippen LogP contribution in [0.5, 0.6) is 0 Å². The fraction of sp³-hybridized carbons (Fsp3) is 0.831. The number of rotatable bonds is 36. The van der Waals surface area contributed by atoms with E-state index in [1.807, 2.05) is 32.8 Å². The summed E-state index contributed by atoms with van der Waals surface area (Å²) < 4.78 is 0. The lowest BCUT2D eigenvalue weighted by Crippen LogP contribution is -2.65. The third kappa shape index (κ3) is 22.2. The monoisotopic (exact) mass is 1130 g/mol. The Bertz CT molecular complexity index is 2090. The summed E-state index contributed by atoms with van der Waals surface area (Å²) in [5, 5.41) is 19.7. The molecule has 7 N–H and O–H groups in total. The molecule has 0 spiro atoms. The van der Waals surface area contributed by atoms with Gasteiger partial charge in [0.1, 0.15) is 34.7 Å². The highest BCUT2D eigenvalue weighted by atomic mass is 16.2. The third-order valence-corrected chi connectivity index (χ3v) is 15.3. The molecular formula is C59H107N11O10. The summed E-state index contributed by atoms with van der Waals surface area (Å²) in [6.45, 7) is 24.2. The number of likely N-dealkylation sites (tertiary alicyclic amines) is 1. The minimum atomic E-state index is -1.57.